The van der Waals surface area contributed by atoms with Crippen LogP contribution in [0.2, 0.25) is 0 Å². The quantitative estimate of drug-likeness (QED) is 0.641. The summed E-state index contributed by atoms with van der Waals surface area (Å²) in [4.78, 5) is 46.0. The van der Waals surface area contributed by atoms with Gasteiger partial charge in [0.1, 0.15) is 6.33 Å². The van der Waals surface area contributed by atoms with E-state index in [2.05, 4.69) is 20.4 Å². The lowest BCUT2D eigenvalue weighted by molar-refractivity contribution is -0.148. The van der Waals surface area contributed by atoms with Crippen LogP contribution in [0.4, 0.5) is 4.79 Å². The van der Waals surface area contributed by atoms with Crippen LogP contribution in [0.5, 0.6) is 0 Å². The zero-order valence-electron chi connectivity index (χ0n) is 18.1. The molecule has 3 rings (SSSR count). The number of carbonyl (C=O) groups excluding carboxylic acids is 3. The van der Waals surface area contributed by atoms with Crippen molar-refractivity contribution in [3.05, 3.63) is 23.3 Å². The van der Waals surface area contributed by atoms with E-state index in [9.17, 15) is 14.4 Å². The molecule has 0 spiro atoms. The van der Waals surface area contributed by atoms with Crippen LogP contribution in [0.15, 0.2) is 6.33 Å². The summed E-state index contributed by atoms with van der Waals surface area (Å²) in [7, 11) is 0. The summed E-state index contributed by atoms with van der Waals surface area (Å²) in [5.41, 5.74) is 2.57. The van der Waals surface area contributed by atoms with E-state index in [1.54, 1.807) is 16.3 Å². The minimum Gasteiger partial charge on any atom is -0.456 e. The average molecular weight is 432 g/mol. The number of piperidine rings is 1. The molecule has 1 fully saturated rings. The van der Waals surface area contributed by atoms with Crippen LogP contribution < -0.4 is 5.32 Å². The van der Waals surface area contributed by atoms with Crippen LogP contribution in [0.3, 0.4) is 0 Å². The first-order valence-corrected chi connectivity index (χ1v) is 10.4. The second-order valence-electron chi connectivity index (χ2n) is 7.42. The van der Waals surface area contributed by atoms with Gasteiger partial charge >= 0.3 is 12.1 Å². The summed E-state index contributed by atoms with van der Waals surface area (Å²) in [5, 5.41) is 6.98. The molecular weight excluding hydrogens is 404 g/mol. The summed E-state index contributed by atoms with van der Waals surface area (Å²) < 4.78 is 11.7. The topological polar surface area (TPSA) is 128 Å². The number of rotatable bonds is 7. The van der Waals surface area contributed by atoms with Crippen molar-refractivity contribution < 1.29 is 23.9 Å². The number of hydrogen-bond donors (Lipinski definition) is 1. The van der Waals surface area contributed by atoms with Gasteiger partial charge in [0.05, 0.1) is 6.61 Å². The third-order valence-corrected chi connectivity index (χ3v) is 5.32. The predicted octanol–water partition coefficient (Wildman–Crippen LogP) is 0.954. The number of ether oxygens (including phenoxy) is 2. The average Bonchev–Trinajstić information content (AvgIpc) is 3.21. The van der Waals surface area contributed by atoms with E-state index in [-0.39, 0.29) is 31.1 Å². The van der Waals surface area contributed by atoms with Crippen molar-refractivity contribution in [2.24, 2.45) is 0 Å². The highest BCUT2D eigenvalue weighted by atomic mass is 16.6. The molecule has 1 saturated heterocycles. The Morgan fingerprint density at radius 2 is 1.94 bits per heavy atom. The third kappa shape index (κ3) is 5.68. The van der Waals surface area contributed by atoms with Crippen LogP contribution in [-0.4, -0.2) is 74.8 Å². The standard InChI is InChI=1S/C20H28N6O5/c1-4-30-20(29)25-9-7-15(8-10-25)24-17(27)11-31-18(28)6-5-16-13(2)23-19-21-12-22-26(19)14(16)3/h12,15H,4-11H2,1-3H3,(H,24,27). The zero-order valence-corrected chi connectivity index (χ0v) is 18.1. The van der Waals surface area contributed by atoms with Gasteiger partial charge in [0.15, 0.2) is 6.61 Å². The van der Waals surface area contributed by atoms with Crippen LogP contribution in [0.25, 0.3) is 5.78 Å². The molecule has 11 heteroatoms. The Kier molecular flexibility index (Phi) is 7.37. The number of nitrogens with zero attached hydrogens (tertiary/aromatic N) is 5. The predicted molar refractivity (Wildman–Crippen MR) is 109 cm³/mol. The molecule has 0 atom stereocenters. The second-order valence-corrected chi connectivity index (χ2v) is 7.42. The van der Waals surface area contributed by atoms with E-state index < -0.39 is 5.97 Å². The molecular formula is C20H28N6O5. The number of esters is 1. The molecule has 1 N–H and O–H groups in total. The minimum absolute atomic E-state index is 0.0531. The lowest BCUT2D eigenvalue weighted by Crippen LogP contribution is -2.47. The van der Waals surface area contributed by atoms with Crippen molar-refractivity contribution in [1.29, 1.82) is 0 Å². The van der Waals surface area contributed by atoms with Gasteiger partial charge < -0.3 is 19.7 Å². The first-order valence-electron chi connectivity index (χ1n) is 10.4. The Hall–Kier alpha value is -3.24. The molecule has 0 saturated carbocycles. The van der Waals surface area contributed by atoms with Gasteiger partial charge in [-0.15, -0.1) is 0 Å². The summed E-state index contributed by atoms with van der Waals surface area (Å²) >= 11 is 0. The second kappa shape index (κ2) is 10.2. The fourth-order valence-electron chi connectivity index (χ4n) is 3.65. The third-order valence-electron chi connectivity index (χ3n) is 5.32. The minimum atomic E-state index is -0.454. The van der Waals surface area contributed by atoms with E-state index >= 15 is 0 Å². The Bertz CT molecular complexity index is 951. The normalized spacial score (nSPS) is 14.5. The lowest BCUT2D eigenvalue weighted by atomic mass is 10.1. The lowest BCUT2D eigenvalue weighted by Gasteiger charge is -2.31. The number of nitrogens with one attached hydrogen (secondary N) is 1. The van der Waals surface area contributed by atoms with Gasteiger partial charge in [-0.05, 0) is 45.6 Å². The number of amides is 2. The maximum Gasteiger partial charge on any atom is 0.409 e. The maximum atomic E-state index is 12.1. The zero-order chi connectivity index (χ0) is 22.4. The number of aryl methyl sites for hydroxylation is 2. The monoisotopic (exact) mass is 432 g/mol. The van der Waals surface area contributed by atoms with Crippen molar-refractivity contribution in [2.75, 3.05) is 26.3 Å². The van der Waals surface area contributed by atoms with Crippen LogP contribution >= 0.6 is 0 Å². The highest BCUT2D eigenvalue weighted by molar-refractivity contribution is 5.80. The fraction of sp³-hybridized carbons (Fsp3) is 0.600. The van der Waals surface area contributed by atoms with E-state index in [4.69, 9.17) is 9.47 Å². The molecule has 3 heterocycles. The molecule has 1 aliphatic heterocycles. The van der Waals surface area contributed by atoms with Gasteiger partial charge in [0.25, 0.3) is 11.7 Å². The van der Waals surface area contributed by atoms with Gasteiger partial charge in [-0.2, -0.15) is 10.1 Å². The van der Waals surface area contributed by atoms with Crippen LogP contribution in [-0.2, 0) is 25.5 Å². The van der Waals surface area contributed by atoms with Crippen molar-refractivity contribution in [3.8, 4) is 0 Å². The molecule has 0 aromatic carbocycles. The first-order chi connectivity index (χ1) is 14.9. The van der Waals surface area contributed by atoms with Gasteiger partial charge in [-0.1, -0.05) is 0 Å². The first kappa shape index (κ1) is 22.4. The number of hydrogen-bond acceptors (Lipinski definition) is 8. The molecule has 0 aliphatic carbocycles. The summed E-state index contributed by atoms with van der Waals surface area (Å²) in [5.74, 6) is -0.281. The van der Waals surface area contributed by atoms with Crippen molar-refractivity contribution in [1.82, 2.24) is 29.8 Å². The van der Waals surface area contributed by atoms with E-state index in [0.717, 1.165) is 17.0 Å². The molecule has 0 unspecified atom stereocenters. The van der Waals surface area contributed by atoms with Crippen molar-refractivity contribution in [3.63, 3.8) is 0 Å². The van der Waals surface area contributed by atoms with E-state index in [1.807, 2.05) is 13.8 Å². The SMILES string of the molecule is CCOC(=O)N1CCC(NC(=O)COC(=O)CCc2c(C)nc3ncnn3c2C)CC1. The summed E-state index contributed by atoms with van der Waals surface area (Å²) in [6.07, 6.45) is 2.95. The Balaban J connectivity index is 1.39. The molecule has 168 valence electrons. The van der Waals surface area contributed by atoms with E-state index in [0.29, 0.717) is 44.7 Å². The van der Waals surface area contributed by atoms with Crippen molar-refractivity contribution >= 4 is 23.7 Å². The maximum absolute atomic E-state index is 12.1. The molecule has 11 nitrogen and oxygen atoms in total. The number of aromatic nitrogens is 4. The molecule has 0 radical (unpaired) electrons. The van der Waals surface area contributed by atoms with Crippen LogP contribution in [0.1, 0.15) is 43.1 Å². The van der Waals surface area contributed by atoms with Crippen LogP contribution in [0, 0.1) is 13.8 Å². The smallest absolute Gasteiger partial charge is 0.409 e. The summed E-state index contributed by atoms with van der Waals surface area (Å²) in [6, 6.07) is -0.0531. The molecule has 2 amide bonds. The van der Waals surface area contributed by atoms with E-state index in [1.165, 1.54) is 6.33 Å². The highest BCUT2D eigenvalue weighted by Crippen LogP contribution is 2.15. The number of fused-ring (bicyclic) bond motifs is 1. The van der Waals surface area contributed by atoms with Gasteiger partial charge in [0, 0.05) is 36.9 Å². The molecule has 1 aliphatic rings. The fourth-order valence-corrected chi connectivity index (χ4v) is 3.65. The Morgan fingerprint density at radius 3 is 2.65 bits per heavy atom. The molecule has 2 aromatic rings. The Labute approximate surface area is 180 Å². The highest BCUT2D eigenvalue weighted by Gasteiger charge is 2.24. The molecule has 31 heavy (non-hydrogen) atoms. The largest absolute Gasteiger partial charge is 0.456 e. The Morgan fingerprint density at radius 1 is 1.19 bits per heavy atom. The molecule has 2 aromatic heterocycles. The summed E-state index contributed by atoms with van der Waals surface area (Å²) in [6.45, 7) is 6.58. The van der Waals surface area contributed by atoms with Gasteiger partial charge in [0.2, 0.25) is 0 Å². The van der Waals surface area contributed by atoms with Gasteiger partial charge in [-0.25, -0.2) is 14.3 Å². The number of carbonyl (C=O) groups is 3. The van der Waals surface area contributed by atoms with Crippen molar-refractivity contribution in [2.45, 2.75) is 52.5 Å². The molecule has 0 bridgehead atoms. The number of likely N-dealkylation sites (tertiary alicyclic amines) is 1. The van der Waals surface area contributed by atoms with Gasteiger partial charge in [-0.3, -0.25) is 9.59 Å².